The van der Waals surface area contributed by atoms with Gasteiger partial charge >= 0.3 is 0 Å². The normalized spacial score (nSPS) is 11.2. The highest BCUT2D eigenvalue weighted by Gasteiger charge is 2.33. The summed E-state index contributed by atoms with van der Waals surface area (Å²) in [4.78, 5) is 0. The van der Waals surface area contributed by atoms with Crippen LogP contribution in [-0.4, -0.2) is 24.6 Å². The molecule has 0 aromatic heterocycles. The summed E-state index contributed by atoms with van der Waals surface area (Å²) in [5.41, 5.74) is 0. The van der Waals surface area contributed by atoms with E-state index in [-0.39, 0.29) is 12.4 Å². The number of rotatable bonds is 10. The van der Waals surface area contributed by atoms with E-state index in [2.05, 4.69) is 27.7 Å². The Labute approximate surface area is 111 Å². The molecule has 0 unspecified atom stereocenters. The molecule has 0 amide bonds. The number of hydrogen-bond donors (Lipinski definition) is 0. The maximum atomic E-state index is 2.38. The lowest BCUT2D eigenvalue weighted by atomic mass is 10.4. The van der Waals surface area contributed by atoms with Crippen molar-refractivity contribution in [3.63, 3.8) is 0 Å². The Morgan fingerprint density at radius 2 is 0.938 bits per heavy atom. The third-order valence-electron chi connectivity index (χ3n) is 3.37. The molecule has 0 bridgehead atoms. The maximum absolute atomic E-state index is 2.38. The molecule has 16 heavy (non-hydrogen) atoms. The zero-order chi connectivity index (χ0) is 11.6. The summed E-state index contributed by atoms with van der Waals surface area (Å²) < 4.78 is 0. The number of hydrogen-bond acceptors (Lipinski definition) is 0. The van der Waals surface area contributed by atoms with Gasteiger partial charge in [0.1, 0.15) is 0 Å². The van der Waals surface area contributed by atoms with Gasteiger partial charge in [0.25, 0.3) is 0 Å². The van der Waals surface area contributed by atoms with Crippen molar-refractivity contribution in [2.75, 3.05) is 24.6 Å². The molecule has 0 radical (unpaired) electrons. The second-order valence-corrected chi connectivity index (χ2v) is 9.42. The quantitative estimate of drug-likeness (QED) is 0.533. The maximum Gasteiger partial charge on any atom is 0.0594 e. The predicted octanol–water partition coefficient (Wildman–Crippen LogP) is 2.43. The van der Waals surface area contributed by atoms with E-state index in [4.69, 9.17) is 0 Å². The summed E-state index contributed by atoms with van der Waals surface area (Å²) >= 11 is 0. The molecule has 0 aromatic rings. The summed E-state index contributed by atoms with van der Waals surface area (Å²) in [7, 11) is -0.529. The average Bonchev–Trinajstić information content (AvgIpc) is 2.24. The average molecular weight is 267 g/mol. The lowest BCUT2D eigenvalue weighted by Crippen LogP contribution is -3.00. The molecule has 0 spiro atoms. The molecule has 0 N–H and O–H groups in total. The van der Waals surface area contributed by atoms with Gasteiger partial charge in [0.05, 0.1) is 24.6 Å². The largest absolute Gasteiger partial charge is 1.00 e. The minimum atomic E-state index is -0.529. The molecular formula is C14H32ClP. The van der Waals surface area contributed by atoms with Gasteiger partial charge in [-0.2, -0.15) is 0 Å². The van der Waals surface area contributed by atoms with Gasteiger partial charge in [-0.3, -0.25) is 0 Å². The van der Waals surface area contributed by atoms with E-state index in [1.165, 1.54) is 38.5 Å². The molecule has 0 saturated carbocycles. The van der Waals surface area contributed by atoms with Crippen molar-refractivity contribution in [1.82, 2.24) is 0 Å². The molecule has 0 nitrogen and oxygen atoms in total. The van der Waals surface area contributed by atoms with Crippen molar-refractivity contribution in [3.8, 4) is 0 Å². The molecule has 0 heterocycles. The first-order valence-corrected chi connectivity index (χ1v) is 9.62. The van der Waals surface area contributed by atoms with Crippen LogP contribution >= 0.6 is 7.26 Å². The number of halogens is 1. The Kier molecular flexibility index (Phi) is 14.5. The Bertz CT molecular complexity index is 121. The van der Waals surface area contributed by atoms with Gasteiger partial charge in [0, 0.05) is 7.26 Å². The topological polar surface area (TPSA) is 0 Å². The third kappa shape index (κ3) is 7.91. The zero-order valence-electron chi connectivity index (χ0n) is 11.9. The van der Waals surface area contributed by atoms with Crippen LogP contribution in [0.5, 0.6) is 0 Å². The third-order valence-corrected chi connectivity index (χ3v) is 8.69. The van der Waals surface area contributed by atoms with Crippen LogP contribution in [0.25, 0.3) is 0 Å². The molecule has 0 atom stereocenters. The van der Waals surface area contributed by atoms with Crippen molar-refractivity contribution in [2.24, 2.45) is 0 Å². The van der Waals surface area contributed by atoms with Crippen LogP contribution < -0.4 is 12.4 Å². The minimum absolute atomic E-state index is 0. The van der Waals surface area contributed by atoms with Crippen LogP contribution in [0.3, 0.4) is 0 Å². The Balaban J connectivity index is 0. The SMILES string of the molecule is CCCC[P+](CCC)(CCC)CCCC.[Cl-]. The lowest BCUT2D eigenvalue weighted by Gasteiger charge is -2.27. The fourth-order valence-corrected chi connectivity index (χ4v) is 7.82. The molecule has 0 aliphatic carbocycles. The molecule has 0 aromatic carbocycles. The van der Waals surface area contributed by atoms with Crippen molar-refractivity contribution in [2.45, 2.75) is 66.2 Å². The van der Waals surface area contributed by atoms with E-state index in [1.807, 2.05) is 0 Å². The summed E-state index contributed by atoms with van der Waals surface area (Å²) in [6.07, 6.45) is 14.9. The zero-order valence-corrected chi connectivity index (χ0v) is 13.5. The highest BCUT2D eigenvalue weighted by atomic mass is 35.5. The van der Waals surface area contributed by atoms with Crippen molar-refractivity contribution in [1.29, 1.82) is 0 Å². The van der Waals surface area contributed by atoms with Crippen molar-refractivity contribution >= 4 is 7.26 Å². The predicted molar refractivity (Wildman–Crippen MR) is 76.8 cm³/mol. The van der Waals surface area contributed by atoms with Crippen LogP contribution in [0.1, 0.15) is 66.2 Å². The summed E-state index contributed by atoms with van der Waals surface area (Å²) in [6.45, 7) is 9.43. The molecule has 0 rings (SSSR count). The summed E-state index contributed by atoms with van der Waals surface area (Å²) in [6, 6.07) is 0. The van der Waals surface area contributed by atoms with E-state index in [9.17, 15) is 0 Å². The number of unbranched alkanes of at least 4 members (excludes halogenated alkanes) is 2. The first-order valence-electron chi connectivity index (χ1n) is 7.09. The molecule has 0 fully saturated rings. The molecule has 0 saturated heterocycles. The van der Waals surface area contributed by atoms with Gasteiger partial charge in [0.15, 0.2) is 0 Å². The molecule has 2 heteroatoms. The standard InChI is InChI=1S/C14H32P.ClH/c1-5-9-13-15(11-7-3,12-8-4)14-10-6-2;/h5-14H2,1-4H3;1H/q+1;/p-1. The Hall–Kier alpha value is 0.720. The van der Waals surface area contributed by atoms with Crippen LogP contribution in [0, 0.1) is 0 Å². The molecule has 100 valence electrons. The Morgan fingerprint density at radius 3 is 1.19 bits per heavy atom. The van der Waals surface area contributed by atoms with Gasteiger partial charge in [-0.05, 0) is 25.7 Å². The molecule has 0 aliphatic heterocycles. The van der Waals surface area contributed by atoms with Crippen LogP contribution in [-0.2, 0) is 0 Å². The lowest BCUT2D eigenvalue weighted by molar-refractivity contribution is -0.00000360. The van der Waals surface area contributed by atoms with E-state index in [0.717, 1.165) is 0 Å². The van der Waals surface area contributed by atoms with E-state index < -0.39 is 7.26 Å². The first-order chi connectivity index (χ1) is 7.24. The molecular weight excluding hydrogens is 235 g/mol. The van der Waals surface area contributed by atoms with Gasteiger partial charge in [-0.1, -0.05) is 40.5 Å². The molecule has 0 aliphatic rings. The monoisotopic (exact) mass is 266 g/mol. The summed E-state index contributed by atoms with van der Waals surface area (Å²) in [5.74, 6) is 0. The van der Waals surface area contributed by atoms with Crippen LogP contribution in [0.2, 0.25) is 0 Å². The van der Waals surface area contributed by atoms with E-state index in [0.29, 0.717) is 0 Å². The highest BCUT2D eigenvalue weighted by Crippen LogP contribution is 2.60. The second-order valence-electron chi connectivity index (χ2n) is 4.94. The van der Waals surface area contributed by atoms with Gasteiger partial charge < -0.3 is 12.4 Å². The van der Waals surface area contributed by atoms with Crippen molar-refractivity contribution in [3.05, 3.63) is 0 Å². The second kappa shape index (κ2) is 12.2. The van der Waals surface area contributed by atoms with Gasteiger partial charge in [-0.25, -0.2) is 0 Å². The first kappa shape index (κ1) is 19.1. The van der Waals surface area contributed by atoms with Crippen LogP contribution in [0.4, 0.5) is 0 Å². The van der Waals surface area contributed by atoms with Crippen molar-refractivity contribution < 1.29 is 12.4 Å². The van der Waals surface area contributed by atoms with Gasteiger partial charge in [0.2, 0.25) is 0 Å². The van der Waals surface area contributed by atoms with E-state index in [1.54, 1.807) is 24.6 Å². The highest BCUT2D eigenvalue weighted by molar-refractivity contribution is 7.75. The fourth-order valence-electron chi connectivity index (χ4n) is 2.61. The van der Waals surface area contributed by atoms with E-state index >= 15 is 0 Å². The summed E-state index contributed by atoms with van der Waals surface area (Å²) in [5, 5.41) is 0. The minimum Gasteiger partial charge on any atom is -1.00 e. The smallest absolute Gasteiger partial charge is 0.0594 e. The van der Waals surface area contributed by atoms with Gasteiger partial charge in [-0.15, -0.1) is 0 Å². The fraction of sp³-hybridized carbons (Fsp3) is 1.00. The Morgan fingerprint density at radius 1 is 0.562 bits per heavy atom. The van der Waals surface area contributed by atoms with Crippen LogP contribution in [0.15, 0.2) is 0 Å².